The maximum Gasteiger partial charge on any atom is 0.158 e. The Hall–Kier alpha value is -3.58. The highest BCUT2D eigenvalue weighted by Crippen LogP contribution is 2.36. The van der Waals surface area contributed by atoms with Crippen LogP contribution in [-0.4, -0.2) is 19.7 Å². The van der Waals surface area contributed by atoms with Crippen LogP contribution in [0.2, 0.25) is 5.02 Å². The number of aromatic amines is 1. The van der Waals surface area contributed by atoms with E-state index in [2.05, 4.69) is 20.3 Å². The maximum atomic E-state index is 13.7. The average Bonchev–Trinajstić information content (AvgIpc) is 3.32. The summed E-state index contributed by atoms with van der Waals surface area (Å²) in [5, 5.41) is 4.30. The Kier molecular flexibility index (Phi) is 3.87. The molecular formula is C20H13ClFN5O. The van der Waals surface area contributed by atoms with Crippen LogP contribution in [0.4, 0.5) is 16.0 Å². The van der Waals surface area contributed by atoms with E-state index in [0.29, 0.717) is 38.0 Å². The first-order valence-corrected chi connectivity index (χ1v) is 8.85. The van der Waals surface area contributed by atoms with Gasteiger partial charge < -0.3 is 15.0 Å². The third-order valence-electron chi connectivity index (χ3n) is 4.41. The van der Waals surface area contributed by atoms with Crippen molar-refractivity contribution in [2.45, 2.75) is 0 Å². The third kappa shape index (κ3) is 2.82. The summed E-state index contributed by atoms with van der Waals surface area (Å²) in [6, 6.07) is 14.0. The van der Waals surface area contributed by atoms with Gasteiger partial charge in [-0.3, -0.25) is 0 Å². The molecular weight excluding hydrogens is 381 g/mol. The zero-order valence-electron chi connectivity index (χ0n) is 14.4. The lowest BCUT2D eigenvalue weighted by molar-refractivity contribution is 0.388. The number of aromatic nitrogens is 4. The highest BCUT2D eigenvalue weighted by atomic mass is 35.5. The Bertz CT molecular complexity index is 1310. The van der Waals surface area contributed by atoms with Crippen LogP contribution in [0, 0.1) is 0 Å². The molecule has 0 saturated heterocycles. The number of anilines is 2. The molecule has 2 N–H and O–H groups in total. The molecule has 0 spiro atoms. The lowest BCUT2D eigenvalue weighted by Gasteiger charge is -2.11. The zero-order valence-corrected chi connectivity index (χ0v) is 15.1. The Morgan fingerprint density at radius 3 is 2.89 bits per heavy atom. The van der Waals surface area contributed by atoms with Crippen LogP contribution in [0.3, 0.4) is 0 Å². The molecule has 6 nitrogen and oxygen atoms in total. The minimum Gasteiger partial charge on any atom is -0.455 e. The van der Waals surface area contributed by atoms with Crippen molar-refractivity contribution in [3.8, 4) is 11.5 Å². The minimum atomic E-state index is 0.415. The Morgan fingerprint density at radius 2 is 2.00 bits per heavy atom. The van der Waals surface area contributed by atoms with Crippen molar-refractivity contribution in [3.63, 3.8) is 0 Å². The summed E-state index contributed by atoms with van der Waals surface area (Å²) in [5.74, 6) is 1.65. The summed E-state index contributed by atoms with van der Waals surface area (Å²) in [7, 11) is 0. The standard InChI is InChI=1S/C20H13ClFN5O/c21-14-10-12(26-20-19-15(6-8-23-19)24-11-25-20)4-5-18(14)28-17-3-1-2-16-13(17)7-9-27(16)22/h1-11,23H,(H,24,25,26). The van der Waals surface area contributed by atoms with Crippen LogP contribution in [0.25, 0.3) is 21.9 Å². The minimum absolute atomic E-state index is 0.415. The van der Waals surface area contributed by atoms with Gasteiger partial charge in [-0.15, -0.1) is 0 Å². The molecule has 5 rings (SSSR count). The third-order valence-corrected chi connectivity index (χ3v) is 4.70. The van der Waals surface area contributed by atoms with E-state index in [1.165, 1.54) is 12.5 Å². The summed E-state index contributed by atoms with van der Waals surface area (Å²) < 4.78 is 19.6. The molecule has 0 aliphatic heterocycles. The van der Waals surface area contributed by atoms with Crippen LogP contribution in [0.15, 0.2) is 67.3 Å². The number of halogens is 2. The van der Waals surface area contributed by atoms with E-state index >= 15 is 0 Å². The fourth-order valence-corrected chi connectivity index (χ4v) is 3.30. The van der Waals surface area contributed by atoms with E-state index in [1.54, 1.807) is 42.6 Å². The Balaban J connectivity index is 1.44. The average molecular weight is 394 g/mol. The second-order valence-corrected chi connectivity index (χ2v) is 6.56. The Labute approximate surface area is 163 Å². The zero-order chi connectivity index (χ0) is 19.1. The van der Waals surface area contributed by atoms with E-state index in [9.17, 15) is 4.48 Å². The lowest BCUT2D eigenvalue weighted by atomic mass is 10.2. The van der Waals surface area contributed by atoms with E-state index in [1.807, 2.05) is 12.1 Å². The van der Waals surface area contributed by atoms with E-state index in [-0.39, 0.29) is 0 Å². The molecule has 3 heterocycles. The molecule has 0 saturated carbocycles. The summed E-state index contributed by atoms with van der Waals surface area (Å²) in [6.45, 7) is 0. The molecule has 5 aromatic rings. The highest BCUT2D eigenvalue weighted by Gasteiger charge is 2.11. The first-order valence-electron chi connectivity index (χ1n) is 8.48. The van der Waals surface area contributed by atoms with Gasteiger partial charge in [0.2, 0.25) is 0 Å². The molecule has 8 heteroatoms. The number of hydrogen-bond acceptors (Lipinski definition) is 4. The molecule has 0 aliphatic rings. The predicted molar refractivity (Wildman–Crippen MR) is 107 cm³/mol. The molecule has 0 atom stereocenters. The quantitative estimate of drug-likeness (QED) is 0.403. The molecule has 0 fully saturated rings. The number of H-pyrrole nitrogens is 1. The second kappa shape index (κ2) is 6.54. The van der Waals surface area contributed by atoms with Crippen LogP contribution >= 0.6 is 11.6 Å². The SMILES string of the molecule is Fn1ccc2c(Oc3ccc(Nc4ncnc5cc[nH]c45)cc3Cl)cccc21. The van der Waals surface area contributed by atoms with Gasteiger partial charge in [0.1, 0.15) is 23.3 Å². The summed E-state index contributed by atoms with van der Waals surface area (Å²) in [6.07, 6.45) is 4.64. The highest BCUT2D eigenvalue weighted by molar-refractivity contribution is 6.32. The number of nitrogens with zero attached hydrogens (tertiary/aromatic N) is 3. The van der Waals surface area contributed by atoms with Crippen molar-refractivity contribution >= 4 is 45.0 Å². The second-order valence-electron chi connectivity index (χ2n) is 6.15. The number of ether oxygens (including phenoxy) is 1. The molecule has 0 radical (unpaired) electrons. The molecule has 28 heavy (non-hydrogen) atoms. The first-order chi connectivity index (χ1) is 13.7. The molecule has 0 amide bonds. The predicted octanol–water partition coefficient (Wildman–Crippen LogP) is 5.83. The summed E-state index contributed by atoms with van der Waals surface area (Å²) in [5.41, 5.74) is 2.81. The van der Waals surface area contributed by atoms with Gasteiger partial charge in [-0.1, -0.05) is 22.1 Å². The monoisotopic (exact) mass is 393 g/mol. The number of rotatable bonds is 4. The van der Waals surface area contributed by atoms with Crippen molar-refractivity contribution in [3.05, 3.63) is 72.3 Å². The van der Waals surface area contributed by atoms with Crippen molar-refractivity contribution in [2.75, 3.05) is 5.32 Å². The fourth-order valence-electron chi connectivity index (χ4n) is 3.08. The van der Waals surface area contributed by atoms with E-state index < -0.39 is 0 Å². The number of benzene rings is 2. The summed E-state index contributed by atoms with van der Waals surface area (Å²) in [4.78, 5) is 12.1. The van der Waals surface area contributed by atoms with Crippen LogP contribution < -0.4 is 10.1 Å². The van der Waals surface area contributed by atoms with Gasteiger partial charge in [0.15, 0.2) is 5.82 Å². The van der Waals surface area contributed by atoms with Crippen LogP contribution in [0.5, 0.6) is 11.5 Å². The Morgan fingerprint density at radius 1 is 1.07 bits per heavy atom. The number of fused-ring (bicyclic) bond motifs is 2. The smallest absolute Gasteiger partial charge is 0.158 e. The number of hydrogen-bond donors (Lipinski definition) is 2. The van der Waals surface area contributed by atoms with Gasteiger partial charge in [-0.2, -0.15) is 4.79 Å². The first kappa shape index (κ1) is 16.6. The van der Waals surface area contributed by atoms with Gasteiger partial charge in [0.05, 0.1) is 16.1 Å². The molecule has 0 bridgehead atoms. The molecule has 0 unspecified atom stereocenters. The normalized spacial score (nSPS) is 11.2. The number of nitrogens with one attached hydrogen (secondary N) is 2. The van der Waals surface area contributed by atoms with E-state index in [4.69, 9.17) is 16.3 Å². The van der Waals surface area contributed by atoms with Gasteiger partial charge in [-0.05, 0) is 42.5 Å². The molecule has 0 aliphatic carbocycles. The fraction of sp³-hybridized carbons (Fsp3) is 0. The van der Waals surface area contributed by atoms with E-state index in [0.717, 1.165) is 16.7 Å². The van der Waals surface area contributed by atoms with Crippen molar-refractivity contribution in [2.24, 2.45) is 0 Å². The van der Waals surface area contributed by atoms with Gasteiger partial charge in [-0.25, -0.2) is 9.97 Å². The van der Waals surface area contributed by atoms with Crippen molar-refractivity contribution in [1.29, 1.82) is 0 Å². The molecule has 138 valence electrons. The largest absolute Gasteiger partial charge is 0.455 e. The van der Waals surface area contributed by atoms with Crippen LogP contribution in [-0.2, 0) is 0 Å². The van der Waals surface area contributed by atoms with Crippen LogP contribution in [0.1, 0.15) is 0 Å². The summed E-state index contributed by atoms with van der Waals surface area (Å²) >= 11 is 6.41. The van der Waals surface area contributed by atoms with Gasteiger partial charge >= 0.3 is 0 Å². The van der Waals surface area contributed by atoms with Crippen molar-refractivity contribution in [1.82, 2.24) is 19.7 Å². The topological polar surface area (TPSA) is 67.8 Å². The maximum absolute atomic E-state index is 13.7. The van der Waals surface area contributed by atoms with Gasteiger partial charge in [0, 0.05) is 23.5 Å². The molecule has 2 aromatic carbocycles. The molecule has 3 aromatic heterocycles. The van der Waals surface area contributed by atoms with Crippen molar-refractivity contribution < 1.29 is 9.22 Å². The lowest BCUT2D eigenvalue weighted by Crippen LogP contribution is -1.96. The van der Waals surface area contributed by atoms with Gasteiger partial charge in [0.25, 0.3) is 0 Å².